The minimum absolute atomic E-state index is 1.05. The number of unbranched alkanes of at least 4 members (excludes halogenated alkanes) is 1. The van der Waals surface area contributed by atoms with Gasteiger partial charge in [-0.15, -0.1) is 0 Å². The van der Waals surface area contributed by atoms with Crippen molar-refractivity contribution >= 4 is 11.2 Å². The standard InChI is InChI=1S/C17H16O/c1-2-3-6-12-10-15-16-13-8-5-4-7-11(13)9-14(16)17(12)18-15/h4-5,7-8,10H,2-3,6,9H2,1H3. The van der Waals surface area contributed by atoms with Crippen molar-refractivity contribution in [3.05, 3.63) is 47.0 Å². The van der Waals surface area contributed by atoms with E-state index in [0.717, 1.165) is 18.4 Å². The van der Waals surface area contributed by atoms with Crippen molar-refractivity contribution in [2.24, 2.45) is 0 Å². The quantitative estimate of drug-likeness (QED) is 0.498. The van der Waals surface area contributed by atoms with E-state index in [2.05, 4.69) is 37.3 Å². The van der Waals surface area contributed by atoms with Crippen LogP contribution in [0.3, 0.4) is 0 Å². The molecule has 0 saturated carbocycles. The fraction of sp³-hybridized carbons (Fsp3) is 0.294. The molecule has 4 rings (SSSR count). The van der Waals surface area contributed by atoms with Gasteiger partial charge in [0.25, 0.3) is 0 Å². The van der Waals surface area contributed by atoms with Crippen molar-refractivity contribution in [1.29, 1.82) is 0 Å². The fourth-order valence-electron chi connectivity index (χ4n) is 3.20. The number of hydrogen-bond acceptors (Lipinski definition) is 1. The van der Waals surface area contributed by atoms with Gasteiger partial charge in [0.15, 0.2) is 0 Å². The number of hydrogen-bond donors (Lipinski definition) is 0. The highest BCUT2D eigenvalue weighted by Crippen LogP contribution is 2.46. The molecule has 1 heteroatoms. The predicted octanol–water partition coefficient (Wildman–Crippen LogP) is 4.78. The smallest absolute Gasteiger partial charge is 0.136 e. The van der Waals surface area contributed by atoms with Crippen LogP contribution in [0, 0.1) is 0 Å². The van der Waals surface area contributed by atoms with Gasteiger partial charge in [-0.3, -0.25) is 0 Å². The Balaban J connectivity index is 1.86. The molecule has 1 nitrogen and oxygen atoms in total. The van der Waals surface area contributed by atoms with Crippen molar-refractivity contribution < 1.29 is 4.42 Å². The molecule has 0 atom stereocenters. The monoisotopic (exact) mass is 236 g/mol. The van der Waals surface area contributed by atoms with Gasteiger partial charge < -0.3 is 4.42 Å². The molecule has 0 unspecified atom stereocenters. The molecule has 0 N–H and O–H groups in total. The maximum absolute atomic E-state index is 5.97. The van der Waals surface area contributed by atoms with Gasteiger partial charge in [0, 0.05) is 17.5 Å². The zero-order chi connectivity index (χ0) is 12.1. The molecule has 2 aromatic heterocycles. The highest BCUT2D eigenvalue weighted by atomic mass is 16.3. The summed E-state index contributed by atoms with van der Waals surface area (Å²) in [7, 11) is 0. The van der Waals surface area contributed by atoms with Gasteiger partial charge >= 0.3 is 0 Å². The van der Waals surface area contributed by atoms with Gasteiger partial charge in [-0.1, -0.05) is 37.6 Å². The van der Waals surface area contributed by atoms with Crippen LogP contribution in [0.4, 0.5) is 0 Å². The molecular weight excluding hydrogens is 220 g/mol. The Labute approximate surface area is 107 Å². The highest BCUT2D eigenvalue weighted by molar-refractivity contribution is 5.96. The zero-order valence-electron chi connectivity index (χ0n) is 10.6. The SMILES string of the molecule is CCCCc1cc2oc1c1c2-c2ccccc2C1. The lowest BCUT2D eigenvalue weighted by Crippen LogP contribution is -1.86. The first-order chi connectivity index (χ1) is 8.88. The number of aryl methyl sites for hydroxylation is 1. The van der Waals surface area contributed by atoms with Crippen LogP contribution in [0.1, 0.15) is 36.5 Å². The molecule has 0 fully saturated rings. The second-order valence-electron chi connectivity index (χ2n) is 5.26. The summed E-state index contributed by atoms with van der Waals surface area (Å²) in [5.41, 5.74) is 9.30. The van der Waals surface area contributed by atoms with Crippen LogP contribution in [-0.2, 0) is 12.8 Å². The second kappa shape index (κ2) is 3.61. The summed E-state index contributed by atoms with van der Waals surface area (Å²) in [6, 6.07) is 11.0. The van der Waals surface area contributed by atoms with E-state index in [1.165, 1.54) is 46.2 Å². The van der Waals surface area contributed by atoms with Gasteiger partial charge in [0.05, 0.1) is 0 Å². The maximum Gasteiger partial charge on any atom is 0.136 e. The first kappa shape index (κ1) is 10.2. The van der Waals surface area contributed by atoms with Crippen LogP contribution in [0.5, 0.6) is 0 Å². The average Bonchev–Trinajstić information content (AvgIpc) is 3.05. The van der Waals surface area contributed by atoms with Crippen molar-refractivity contribution in [2.45, 2.75) is 32.6 Å². The molecule has 0 aliphatic heterocycles. The molecule has 0 radical (unpaired) electrons. The predicted molar refractivity (Wildman–Crippen MR) is 74.3 cm³/mol. The van der Waals surface area contributed by atoms with Gasteiger partial charge in [-0.2, -0.15) is 0 Å². The van der Waals surface area contributed by atoms with Crippen molar-refractivity contribution in [2.75, 3.05) is 0 Å². The maximum atomic E-state index is 5.97. The first-order valence-electron chi connectivity index (χ1n) is 6.83. The topological polar surface area (TPSA) is 13.1 Å². The van der Waals surface area contributed by atoms with E-state index >= 15 is 0 Å². The van der Waals surface area contributed by atoms with Crippen LogP contribution in [-0.4, -0.2) is 0 Å². The average molecular weight is 236 g/mol. The lowest BCUT2D eigenvalue weighted by Gasteiger charge is -1.99. The Morgan fingerprint density at radius 3 is 3.00 bits per heavy atom. The molecule has 1 aromatic carbocycles. The van der Waals surface area contributed by atoms with Gasteiger partial charge in [0.2, 0.25) is 0 Å². The zero-order valence-corrected chi connectivity index (χ0v) is 10.6. The summed E-state index contributed by atoms with van der Waals surface area (Å²) >= 11 is 0. The molecule has 18 heavy (non-hydrogen) atoms. The van der Waals surface area contributed by atoms with E-state index in [0.29, 0.717) is 0 Å². The third kappa shape index (κ3) is 1.22. The van der Waals surface area contributed by atoms with E-state index < -0.39 is 0 Å². The highest BCUT2D eigenvalue weighted by Gasteiger charge is 2.28. The molecule has 3 aromatic rings. The fourth-order valence-corrected chi connectivity index (χ4v) is 3.20. The van der Waals surface area contributed by atoms with Crippen molar-refractivity contribution in [1.82, 2.24) is 0 Å². The van der Waals surface area contributed by atoms with Crippen LogP contribution in [0.15, 0.2) is 34.7 Å². The number of fused-ring (bicyclic) bond motifs is 7. The van der Waals surface area contributed by atoms with Gasteiger partial charge in [-0.05, 0) is 35.6 Å². The summed E-state index contributed by atoms with van der Waals surface area (Å²) in [6.07, 6.45) is 4.70. The van der Waals surface area contributed by atoms with Crippen LogP contribution in [0.25, 0.3) is 22.3 Å². The lowest BCUT2D eigenvalue weighted by atomic mass is 10.0. The first-order valence-corrected chi connectivity index (χ1v) is 6.83. The summed E-state index contributed by atoms with van der Waals surface area (Å²) in [5.74, 6) is 0. The van der Waals surface area contributed by atoms with E-state index in [-0.39, 0.29) is 0 Å². The van der Waals surface area contributed by atoms with Crippen LogP contribution in [0.2, 0.25) is 0 Å². The molecule has 90 valence electrons. The molecule has 1 aliphatic rings. The molecule has 2 heterocycles. The van der Waals surface area contributed by atoms with Crippen molar-refractivity contribution in [3.63, 3.8) is 0 Å². The molecule has 1 aliphatic carbocycles. The third-order valence-corrected chi connectivity index (χ3v) is 4.08. The lowest BCUT2D eigenvalue weighted by molar-refractivity contribution is 0.667. The molecular formula is C17H16O. The number of benzene rings is 2. The Hall–Kier alpha value is -1.76. The molecule has 0 saturated heterocycles. The largest absolute Gasteiger partial charge is 0.456 e. The van der Waals surface area contributed by atoms with Crippen LogP contribution < -0.4 is 0 Å². The van der Waals surface area contributed by atoms with Crippen molar-refractivity contribution in [3.8, 4) is 11.1 Å². The van der Waals surface area contributed by atoms with Crippen LogP contribution >= 0.6 is 0 Å². The summed E-state index contributed by atoms with van der Waals surface area (Å²) in [6.45, 7) is 2.24. The second-order valence-corrected chi connectivity index (χ2v) is 5.26. The molecule has 0 amide bonds. The Morgan fingerprint density at radius 1 is 1.22 bits per heavy atom. The normalized spacial score (nSPS) is 13.2. The summed E-state index contributed by atoms with van der Waals surface area (Å²) in [4.78, 5) is 0. The minimum atomic E-state index is 1.05. The number of furan rings is 2. The Kier molecular flexibility index (Phi) is 2.05. The Bertz CT molecular complexity index is 705. The molecule has 2 bridgehead atoms. The van der Waals surface area contributed by atoms with E-state index in [4.69, 9.17) is 4.42 Å². The van der Waals surface area contributed by atoms with E-state index in [9.17, 15) is 0 Å². The Morgan fingerprint density at radius 2 is 2.11 bits per heavy atom. The summed E-state index contributed by atoms with van der Waals surface area (Å²) in [5, 5.41) is 0. The van der Waals surface area contributed by atoms with E-state index in [1.54, 1.807) is 0 Å². The van der Waals surface area contributed by atoms with Gasteiger partial charge in [-0.25, -0.2) is 0 Å². The van der Waals surface area contributed by atoms with E-state index in [1.807, 2.05) is 0 Å². The third-order valence-electron chi connectivity index (χ3n) is 4.08. The molecule has 0 spiro atoms. The number of rotatable bonds is 3. The van der Waals surface area contributed by atoms with Gasteiger partial charge in [0.1, 0.15) is 11.2 Å². The minimum Gasteiger partial charge on any atom is -0.456 e. The summed E-state index contributed by atoms with van der Waals surface area (Å²) < 4.78 is 5.97.